The third-order valence-corrected chi connectivity index (χ3v) is 6.39. The smallest absolute Gasteiger partial charge is 0.244 e. The Balaban J connectivity index is 2.36. The summed E-state index contributed by atoms with van der Waals surface area (Å²) in [4.78, 5) is 27.6. The van der Waals surface area contributed by atoms with E-state index in [2.05, 4.69) is 5.32 Å². The van der Waals surface area contributed by atoms with Gasteiger partial charge in [-0.15, -0.1) is 0 Å². The fraction of sp³-hybridized carbons (Fsp3) is 0.417. The molecule has 33 heavy (non-hydrogen) atoms. The van der Waals surface area contributed by atoms with Crippen molar-refractivity contribution in [2.24, 2.45) is 5.92 Å². The van der Waals surface area contributed by atoms with E-state index in [1.165, 1.54) is 17.0 Å². The third kappa shape index (κ3) is 7.56. The van der Waals surface area contributed by atoms with Gasteiger partial charge >= 0.3 is 0 Å². The lowest BCUT2D eigenvalue weighted by atomic mass is 10.1. The van der Waals surface area contributed by atoms with E-state index in [-0.39, 0.29) is 24.1 Å². The highest BCUT2D eigenvalue weighted by Crippen LogP contribution is 2.20. The number of carbonyl (C=O) groups is 2. The van der Waals surface area contributed by atoms with Crippen LogP contribution in [0.4, 0.5) is 10.1 Å². The van der Waals surface area contributed by atoms with Crippen LogP contribution in [0.15, 0.2) is 48.5 Å². The molecule has 180 valence electrons. The molecule has 2 aromatic rings. The van der Waals surface area contributed by atoms with Crippen LogP contribution >= 0.6 is 0 Å². The first kappa shape index (κ1) is 26.3. The van der Waals surface area contributed by atoms with Crippen LogP contribution in [0.2, 0.25) is 0 Å². The Bertz CT molecular complexity index is 1070. The maximum Gasteiger partial charge on any atom is 0.244 e. The molecule has 0 fully saturated rings. The van der Waals surface area contributed by atoms with Crippen molar-refractivity contribution < 1.29 is 22.4 Å². The lowest BCUT2D eigenvalue weighted by Gasteiger charge is -2.32. The van der Waals surface area contributed by atoms with Crippen molar-refractivity contribution in [2.45, 2.75) is 40.3 Å². The number of hydrogen-bond donors (Lipinski definition) is 1. The van der Waals surface area contributed by atoms with Crippen LogP contribution in [0.5, 0.6) is 0 Å². The molecule has 0 aliphatic rings. The van der Waals surface area contributed by atoms with Crippen molar-refractivity contribution >= 4 is 27.5 Å². The minimum atomic E-state index is -3.84. The summed E-state index contributed by atoms with van der Waals surface area (Å²) in [5, 5.41) is 2.83. The average Bonchev–Trinajstić information content (AvgIpc) is 2.74. The third-order valence-electron chi connectivity index (χ3n) is 5.25. The van der Waals surface area contributed by atoms with E-state index < -0.39 is 34.3 Å². The van der Waals surface area contributed by atoms with Crippen molar-refractivity contribution in [3.05, 3.63) is 65.5 Å². The fourth-order valence-electron chi connectivity index (χ4n) is 3.23. The predicted octanol–water partition coefficient (Wildman–Crippen LogP) is 3.09. The summed E-state index contributed by atoms with van der Waals surface area (Å²) in [6.07, 6.45) is 0.980. The summed E-state index contributed by atoms with van der Waals surface area (Å²) in [6.45, 7) is 7.54. The van der Waals surface area contributed by atoms with Gasteiger partial charge in [0, 0.05) is 13.1 Å². The number of nitrogens with zero attached hydrogens (tertiary/aromatic N) is 2. The van der Waals surface area contributed by atoms with Gasteiger partial charge in [0.05, 0.1) is 11.9 Å². The molecule has 0 saturated heterocycles. The number of aryl methyl sites for hydroxylation is 1. The van der Waals surface area contributed by atoms with Crippen LogP contribution in [-0.2, 0) is 26.2 Å². The standard InChI is InChI=1S/C24H32FN3O4S/c1-17(2)14-26-24(30)19(4)27(15-20-9-7-6-8-18(20)3)23(29)16-28(33(5,31)32)22-12-10-21(25)11-13-22/h6-13,17,19H,14-16H2,1-5H3,(H,26,30)/t19-/m1/s1. The maximum atomic E-state index is 13.4. The van der Waals surface area contributed by atoms with E-state index in [0.29, 0.717) is 6.54 Å². The summed E-state index contributed by atoms with van der Waals surface area (Å²) in [5.74, 6) is -1.14. The molecule has 2 amide bonds. The first-order valence-electron chi connectivity index (χ1n) is 10.7. The topological polar surface area (TPSA) is 86.8 Å². The van der Waals surface area contributed by atoms with Crippen molar-refractivity contribution in [3.63, 3.8) is 0 Å². The Hall–Kier alpha value is -2.94. The summed E-state index contributed by atoms with van der Waals surface area (Å²) >= 11 is 0. The predicted molar refractivity (Wildman–Crippen MR) is 128 cm³/mol. The number of nitrogens with one attached hydrogen (secondary N) is 1. The Morgan fingerprint density at radius 2 is 1.64 bits per heavy atom. The van der Waals surface area contributed by atoms with Crippen LogP contribution in [0, 0.1) is 18.7 Å². The Labute approximate surface area is 195 Å². The first-order chi connectivity index (χ1) is 15.4. The van der Waals surface area contributed by atoms with Crippen molar-refractivity contribution in [3.8, 4) is 0 Å². The second-order valence-electron chi connectivity index (χ2n) is 8.51. The van der Waals surface area contributed by atoms with Gasteiger partial charge in [0.25, 0.3) is 0 Å². The number of carbonyl (C=O) groups excluding carboxylic acids is 2. The molecular formula is C24H32FN3O4S. The Morgan fingerprint density at radius 1 is 1.03 bits per heavy atom. The molecule has 0 bridgehead atoms. The van der Waals surface area contributed by atoms with Crippen molar-refractivity contribution in [1.29, 1.82) is 0 Å². The summed E-state index contributed by atoms with van der Waals surface area (Å²) in [6, 6.07) is 11.5. The van der Waals surface area contributed by atoms with E-state index >= 15 is 0 Å². The Morgan fingerprint density at radius 3 is 2.18 bits per heavy atom. The normalized spacial score (nSPS) is 12.3. The van der Waals surface area contributed by atoms with Crippen LogP contribution < -0.4 is 9.62 Å². The van der Waals surface area contributed by atoms with Gasteiger partial charge in [-0.3, -0.25) is 13.9 Å². The Kier molecular flexibility index (Phi) is 8.99. The number of anilines is 1. The van der Waals surface area contributed by atoms with Crippen LogP contribution in [0.1, 0.15) is 31.9 Å². The van der Waals surface area contributed by atoms with E-state index in [9.17, 15) is 22.4 Å². The molecule has 0 aliphatic heterocycles. The number of amides is 2. The number of sulfonamides is 1. The van der Waals surface area contributed by atoms with Crippen molar-refractivity contribution in [1.82, 2.24) is 10.2 Å². The highest BCUT2D eigenvalue weighted by atomic mass is 32.2. The van der Waals surface area contributed by atoms with Gasteiger partial charge in [0.1, 0.15) is 18.4 Å². The first-order valence-corrected chi connectivity index (χ1v) is 12.6. The molecule has 0 saturated carbocycles. The van der Waals surface area contributed by atoms with Gasteiger partial charge in [-0.25, -0.2) is 12.8 Å². The second-order valence-corrected chi connectivity index (χ2v) is 10.4. The zero-order chi connectivity index (χ0) is 24.8. The zero-order valence-electron chi connectivity index (χ0n) is 19.7. The van der Waals surface area contributed by atoms with Gasteiger partial charge in [-0.05, 0) is 55.2 Å². The molecule has 0 radical (unpaired) electrons. The molecule has 0 aromatic heterocycles. The molecule has 7 nitrogen and oxygen atoms in total. The van der Waals surface area contributed by atoms with Crippen molar-refractivity contribution in [2.75, 3.05) is 23.7 Å². The SMILES string of the molecule is Cc1ccccc1CN(C(=O)CN(c1ccc(F)cc1)S(C)(=O)=O)[C@H](C)C(=O)NCC(C)C. The lowest BCUT2D eigenvalue weighted by molar-refractivity contribution is -0.139. The van der Waals surface area contributed by atoms with E-state index in [4.69, 9.17) is 0 Å². The molecule has 9 heteroatoms. The highest BCUT2D eigenvalue weighted by molar-refractivity contribution is 7.92. The summed E-state index contributed by atoms with van der Waals surface area (Å²) in [5.41, 5.74) is 1.96. The van der Waals surface area contributed by atoms with Crippen LogP contribution in [0.3, 0.4) is 0 Å². The minimum Gasteiger partial charge on any atom is -0.354 e. The molecule has 2 rings (SSSR count). The molecule has 2 aromatic carbocycles. The molecule has 0 aliphatic carbocycles. The van der Waals surface area contributed by atoms with E-state index in [0.717, 1.165) is 33.8 Å². The number of hydrogen-bond acceptors (Lipinski definition) is 4. The zero-order valence-corrected chi connectivity index (χ0v) is 20.5. The number of rotatable bonds is 10. The highest BCUT2D eigenvalue weighted by Gasteiger charge is 2.30. The van der Waals surface area contributed by atoms with Gasteiger partial charge in [0.15, 0.2) is 0 Å². The monoisotopic (exact) mass is 477 g/mol. The van der Waals surface area contributed by atoms with Crippen LogP contribution in [-0.4, -0.2) is 50.5 Å². The van der Waals surface area contributed by atoms with Gasteiger partial charge in [0.2, 0.25) is 21.8 Å². The van der Waals surface area contributed by atoms with E-state index in [1.54, 1.807) is 6.92 Å². The lowest BCUT2D eigenvalue weighted by Crippen LogP contribution is -2.51. The average molecular weight is 478 g/mol. The molecular weight excluding hydrogens is 445 g/mol. The minimum absolute atomic E-state index is 0.142. The van der Waals surface area contributed by atoms with Gasteiger partial charge in [-0.2, -0.15) is 0 Å². The maximum absolute atomic E-state index is 13.4. The molecule has 0 unspecified atom stereocenters. The molecule has 1 N–H and O–H groups in total. The summed E-state index contributed by atoms with van der Waals surface area (Å²) in [7, 11) is -3.84. The molecule has 0 spiro atoms. The second kappa shape index (κ2) is 11.3. The quantitative estimate of drug-likeness (QED) is 0.570. The number of halogens is 1. The number of benzene rings is 2. The van der Waals surface area contributed by atoms with Crippen LogP contribution in [0.25, 0.3) is 0 Å². The molecule has 1 atom stereocenters. The van der Waals surface area contributed by atoms with Gasteiger partial charge in [-0.1, -0.05) is 38.1 Å². The van der Waals surface area contributed by atoms with Gasteiger partial charge < -0.3 is 10.2 Å². The van der Waals surface area contributed by atoms with E-state index in [1.807, 2.05) is 45.0 Å². The molecule has 0 heterocycles. The largest absolute Gasteiger partial charge is 0.354 e. The fourth-order valence-corrected chi connectivity index (χ4v) is 4.08. The summed E-state index contributed by atoms with van der Waals surface area (Å²) < 4.78 is 39.2.